The van der Waals surface area contributed by atoms with Crippen molar-refractivity contribution in [1.82, 2.24) is 0 Å². The molecular formula is C20H20ClN3O5. The molecule has 152 valence electrons. The van der Waals surface area contributed by atoms with Gasteiger partial charge in [-0.25, -0.2) is 4.79 Å². The van der Waals surface area contributed by atoms with Crippen LogP contribution in [0, 0.1) is 0 Å². The van der Waals surface area contributed by atoms with Gasteiger partial charge in [0, 0.05) is 6.07 Å². The van der Waals surface area contributed by atoms with Gasteiger partial charge in [0.25, 0.3) is 5.91 Å². The van der Waals surface area contributed by atoms with E-state index in [0.717, 1.165) is 0 Å². The largest absolute Gasteiger partial charge is 0.496 e. The highest BCUT2D eigenvalue weighted by atomic mass is 35.5. The Bertz CT molecular complexity index is 1010. The molecular weight excluding hydrogens is 398 g/mol. The molecule has 1 aliphatic rings. The van der Waals surface area contributed by atoms with Crippen molar-refractivity contribution in [1.29, 1.82) is 0 Å². The van der Waals surface area contributed by atoms with Crippen LogP contribution in [-0.4, -0.2) is 37.0 Å². The number of rotatable bonds is 4. The molecule has 0 fully saturated rings. The molecule has 0 saturated carbocycles. The standard InChI is InChI=1S/C20H20ClN3O5/c1-20(2)19(27)23-14-6-4-5-7-15(14)24(20)17(25)10-29-18(26)11-8-12(21)13(22)9-16(11)28-3/h4-9H,10,22H2,1-3H3,(H,23,27). The lowest BCUT2D eigenvalue weighted by molar-refractivity contribution is -0.128. The number of nitrogens with one attached hydrogen (secondary N) is 1. The van der Waals surface area contributed by atoms with Gasteiger partial charge in [0.05, 0.1) is 29.2 Å². The topological polar surface area (TPSA) is 111 Å². The second kappa shape index (κ2) is 7.63. The minimum Gasteiger partial charge on any atom is -0.496 e. The molecule has 0 bridgehead atoms. The Morgan fingerprint density at radius 3 is 2.62 bits per heavy atom. The average molecular weight is 418 g/mol. The van der Waals surface area contributed by atoms with E-state index in [1.165, 1.54) is 24.1 Å². The van der Waals surface area contributed by atoms with Gasteiger partial charge in [0.1, 0.15) is 16.9 Å². The van der Waals surface area contributed by atoms with Crippen molar-refractivity contribution in [2.75, 3.05) is 29.7 Å². The number of carbonyl (C=O) groups is 3. The minimum atomic E-state index is -1.17. The van der Waals surface area contributed by atoms with E-state index in [-0.39, 0.29) is 27.9 Å². The van der Waals surface area contributed by atoms with Gasteiger partial charge in [-0.15, -0.1) is 0 Å². The fourth-order valence-electron chi connectivity index (χ4n) is 3.07. The Kier molecular flexibility index (Phi) is 5.39. The molecule has 2 amide bonds. The summed E-state index contributed by atoms with van der Waals surface area (Å²) in [6.45, 7) is 2.65. The Labute approximate surface area is 172 Å². The summed E-state index contributed by atoms with van der Waals surface area (Å²) in [5, 5.41) is 2.93. The van der Waals surface area contributed by atoms with Gasteiger partial charge in [0.15, 0.2) is 6.61 Å². The van der Waals surface area contributed by atoms with Gasteiger partial charge in [-0.05, 0) is 32.0 Å². The van der Waals surface area contributed by atoms with Crippen molar-refractivity contribution in [3.8, 4) is 5.75 Å². The highest BCUT2D eigenvalue weighted by Crippen LogP contribution is 2.36. The number of nitrogens with zero attached hydrogens (tertiary/aromatic N) is 1. The zero-order chi connectivity index (χ0) is 21.3. The van der Waals surface area contributed by atoms with Gasteiger partial charge in [0.2, 0.25) is 5.91 Å². The van der Waals surface area contributed by atoms with Crippen LogP contribution < -0.4 is 20.7 Å². The van der Waals surface area contributed by atoms with Crippen LogP contribution in [0.1, 0.15) is 24.2 Å². The number of methoxy groups -OCH3 is 1. The molecule has 0 radical (unpaired) electrons. The van der Waals surface area contributed by atoms with E-state index in [1.54, 1.807) is 38.1 Å². The number of nitrogens with two attached hydrogens (primary N) is 1. The third-order valence-corrected chi connectivity index (χ3v) is 4.95. The first kappa shape index (κ1) is 20.5. The molecule has 2 aromatic carbocycles. The number of halogens is 1. The highest BCUT2D eigenvalue weighted by molar-refractivity contribution is 6.33. The lowest BCUT2D eigenvalue weighted by Crippen LogP contribution is -2.59. The first-order chi connectivity index (χ1) is 13.7. The third-order valence-electron chi connectivity index (χ3n) is 4.62. The van der Waals surface area contributed by atoms with Gasteiger partial charge in [-0.1, -0.05) is 23.7 Å². The SMILES string of the molecule is COc1cc(N)c(Cl)cc1C(=O)OCC(=O)N1c2ccccc2NC(=O)C1(C)C. The van der Waals surface area contributed by atoms with Crippen molar-refractivity contribution < 1.29 is 23.9 Å². The summed E-state index contributed by atoms with van der Waals surface area (Å²) < 4.78 is 10.3. The maximum Gasteiger partial charge on any atom is 0.342 e. The molecule has 0 spiro atoms. The Hall–Kier alpha value is -3.26. The molecule has 0 aliphatic carbocycles. The molecule has 29 heavy (non-hydrogen) atoms. The number of fused-ring (bicyclic) bond motifs is 1. The molecule has 0 saturated heterocycles. The molecule has 0 atom stereocenters. The van der Waals surface area contributed by atoms with E-state index in [2.05, 4.69) is 5.32 Å². The summed E-state index contributed by atoms with van der Waals surface area (Å²) in [6.07, 6.45) is 0. The van der Waals surface area contributed by atoms with Crippen molar-refractivity contribution in [3.05, 3.63) is 47.0 Å². The number of ether oxygens (including phenoxy) is 2. The molecule has 9 heteroatoms. The molecule has 2 aromatic rings. The third kappa shape index (κ3) is 3.71. The van der Waals surface area contributed by atoms with Crippen LogP contribution >= 0.6 is 11.6 Å². The number of benzene rings is 2. The number of hydrogen-bond acceptors (Lipinski definition) is 6. The summed E-state index contributed by atoms with van der Waals surface area (Å²) in [5.41, 5.74) is 5.85. The van der Waals surface area contributed by atoms with Crippen molar-refractivity contribution in [3.63, 3.8) is 0 Å². The minimum absolute atomic E-state index is 0.0375. The zero-order valence-corrected chi connectivity index (χ0v) is 16.9. The van der Waals surface area contributed by atoms with Crippen LogP contribution in [0.5, 0.6) is 5.75 Å². The van der Waals surface area contributed by atoms with Crippen molar-refractivity contribution in [2.45, 2.75) is 19.4 Å². The fourth-order valence-corrected chi connectivity index (χ4v) is 3.23. The zero-order valence-electron chi connectivity index (χ0n) is 16.1. The average Bonchev–Trinajstić information content (AvgIpc) is 2.68. The smallest absolute Gasteiger partial charge is 0.342 e. The van der Waals surface area contributed by atoms with Gasteiger partial charge in [-0.3, -0.25) is 14.5 Å². The highest BCUT2D eigenvalue weighted by Gasteiger charge is 2.43. The molecule has 1 heterocycles. The number of anilines is 3. The Morgan fingerprint density at radius 2 is 1.93 bits per heavy atom. The summed E-state index contributed by atoms with van der Waals surface area (Å²) >= 11 is 5.97. The van der Waals surface area contributed by atoms with Crippen LogP contribution in [0.4, 0.5) is 17.1 Å². The van der Waals surface area contributed by atoms with E-state index in [9.17, 15) is 14.4 Å². The van der Waals surface area contributed by atoms with E-state index in [4.69, 9.17) is 26.8 Å². The molecule has 8 nitrogen and oxygen atoms in total. The van der Waals surface area contributed by atoms with E-state index < -0.39 is 24.0 Å². The Morgan fingerprint density at radius 1 is 1.24 bits per heavy atom. The number of nitrogen functional groups attached to an aromatic ring is 1. The molecule has 1 aliphatic heterocycles. The number of para-hydroxylation sites is 2. The van der Waals surface area contributed by atoms with E-state index >= 15 is 0 Å². The second-order valence-electron chi connectivity index (χ2n) is 6.91. The first-order valence-corrected chi connectivity index (χ1v) is 9.08. The van der Waals surface area contributed by atoms with Gasteiger partial charge >= 0.3 is 5.97 Å². The van der Waals surface area contributed by atoms with Gasteiger partial charge in [-0.2, -0.15) is 0 Å². The number of amides is 2. The van der Waals surface area contributed by atoms with Crippen LogP contribution in [-0.2, 0) is 14.3 Å². The normalized spacial score (nSPS) is 14.6. The quantitative estimate of drug-likeness (QED) is 0.584. The second-order valence-corrected chi connectivity index (χ2v) is 7.32. The lowest BCUT2D eigenvalue weighted by atomic mass is 9.96. The lowest BCUT2D eigenvalue weighted by Gasteiger charge is -2.41. The number of hydrogen-bond donors (Lipinski definition) is 2. The predicted molar refractivity (Wildman–Crippen MR) is 109 cm³/mol. The molecule has 3 rings (SSSR count). The first-order valence-electron chi connectivity index (χ1n) is 8.70. The molecule has 0 aromatic heterocycles. The Balaban J connectivity index is 1.83. The molecule has 0 unspecified atom stereocenters. The summed E-state index contributed by atoms with van der Waals surface area (Å²) in [5.74, 6) is -1.52. The van der Waals surface area contributed by atoms with E-state index in [0.29, 0.717) is 11.4 Å². The molecule has 3 N–H and O–H groups in total. The predicted octanol–water partition coefficient (Wildman–Crippen LogP) is 2.85. The van der Waals surface area contributed by atoms with Crippen LogP contribution in [0.15, 0.2) is 36.4 Å². The monoisotopic (exact) mass is 417 g/mol. The van der Waals surface area contributed by atoms with Crippen LogP contribution in [0.3, 0.4) is 0 Å². The summed E-state index contributed by atoms with van der Waals surface area (Å²) in [4.78, 5) is 39.2. The van der Waals surface area contributed by atoms with Crippen LogP contribution in [0.2, 0.25) is 5.02 Å². The number of esters is 1. The summed E-state index contributed by atoms with van der Waals surface area (Å²) in [6, 6.07) is 9.61. The van der Waals surface area contributed by atoms with Crippen molar-refractivity contribution >= 4 is 46.4 Å². The maximum atomic E-state index is 12.9. The van der Waals surface area contributed by atoms with Crippen molar-refractivity contribution in [2.24, 2.45) is 0 Å². The summed E-state index contributed by atoms with van der Waals surface area (Å²) in [7, 11) is 1.37. The number of carbonyl (C=O) groups excluding carboxylic acids is 3. The fraction of sp³-hybridized carbons (Fsp3) is 0.250. The van der Waals surface area contributed by atoms with Crippen LogP contribution in [0.25, 0.3) is 0 Å². The maximum absolute atomic E-state index is 12.9. The van der Waals surface area contributed by atoms with Gasteiger partial charge < -0.3 is 20.5 Å². The van der Waals surface area contributed by atoms with E-state index in [1.807, 2.05) is 0 Å².